The molecule has 0 amide bonds. The number of carbonyl (C=O) groups is 1. The fourth-order valence-corrected chi connectivity index (χ4v) is 2.68. The van der Waals surface area contributed by atoms with Crippen LogP contribution in [-0.4, -0.2) is 27.8 Å². The summed E-state index contributed by atoms with van der Waals surface area (Å²) >= 11 is 0. The largest absolute Gasteiger partial charge is 0.496 e. The number of ether oxygens (including phenoxy) is 2. The number of hydrogen-bond acceptors (Lipinski definition) is 6. The summed E-state index contributed by atoms with van der Waals surface area (Å²) in [5.74, 6) is 0.0311. The molecule has 0 saturated heterocycles. The monoisotopic (exact) mass is 381 g/mol. The molecule has 0 aliphatic heterocycles. The molecule has 3 rings (SSSR count). The highest BCUT2D eigenvalue weighted by atomic mass is 16.6. The van der Waals surface area contributed by atoms with Gasteiger partial charge in [-0.15, -0.1) is 0 Å². The van der Waals surface area contributed by atoms with Crippen molar-refractivity contribution in [2.45, 2.75) is 19.4 Å². The maximum Gasteiger partial charge on any atom is 0.306 e. The highest BCUT2D eigenvalue weighted by molar-refractivity contribution is 5.69. The first-order chi connectivity index (χ1) is 13.6. The fraction of sp³-hybridized carbons (Fsp3) is 0.200. The first-order valence-corrected chi connectivity index (χ1v) is 8.62. The normalized spacial score (nSPS) is 10.5. The number of aryl methyl sites for hydroxylation is 1. The lowest BCUT2D eigenvalue weighted by Crippen LogP contribution is -2.07. The van der Waals surface area contributed by atoms with Crippen molar-refractivity contribution >= 4 is 11.7 Å². The second-order valence-electron chi connectivity index (χ2n) is 6.04. The maximum absolute atomic E-state index is 12.1. The summed E-state index contributed by atoms with van der Waals surface area (Å²) in [5.41, 5.74) is 2.21. The highest BCUT2D eigenvalue weighted by Gasteiger charge is 2.13. The van der Waals surface area contributed by atoms with E-state index in [1.807, 2.05) is 36.5 Å². The zero-order valence-electron chi connectivity index (χ0n) is 15.3. The van der Waals surface area contributed by atoms with E-state index in [0.29, 0.717) is 17.7 Å². The smallest absolute Gasteiger partial charge is 0.306 e. The van der Waals surface area contributed by atoms with Crippen molar-refractivity contribution in [2.24, 2.45) is 0 Å². The summed E-state index contributed by atoms with van der Waals surface area (Å²) in [4.78, 5) is 22.5. The average Bonchev–Trinajstić information content (AvgIpc) is 3.20. The second-order valence-corrected chi connectivity index (χ2v) is 6.04. The van der Waals surface area contributed by atoms with E-state index in [1.165, 1.54) is 25.3 Å². The van der Waals surface area contributed by atoms with E-state index in [1.54, 1.807) is 10.9 Å². The lowest BCUT2D eigenvalue weighted by molar-refractivity contribution is -0.385. The summed E-state index contributed by atoms with van der Waals surface area (Å²) in [5, 5.41) is 15.2. The molecule has 0 unspecified atom stereocenters. The van der Waals surface area contributed by atoms with E-state index in [2.05, 4.69) is 5.10 Å². The van der Waals surface area contributed by atoms with Crippen molar-refractivity contribution in [3.8, 4) is 11.4 Å². The minimum Gasteiger partial charge on any atom is -0.496 e. The van der Waals surface area contributed by atoms with E-state index >= 15 is 0 Å². The van der Waals surface area contributed by atoms with Crippen molar-refractivity contribution in [3.05, 3.63) is 82.2 Å². The Kier molecular flexibility index (Phi) is 6.01. The van der Waals surface area contributed by atoms with E-state index in [9.17, 15) is 14.9 Å². The molecule has 0 saturated carbocycles. The lowest BCUT2D eigenvalue weighted by atomic mass is 10.2. The Hall–Kier alpha value is -3.68. The summed E-state index contributed by atoms with van der Waals surface area (Å²) in [7, 11) is 1.46. The molecule has 1 heterocycles. The zero-order chi connectivity index (χ0) is 19.9. The van der Waals surface area contributed by atoms with Gasteiger partial charge in [0.1, 0.15) is 12.4 Å². The average molecular weight is 381 g/mol. The number of esters is 1. The molecule has 8 nitrogen and oxygen atoms in total. The van der Waals surface area contributed by atoms with Gasteiger partial charge in [-0.25, -0.2) is 4.68 Å². The minimum absolute atomic E-state index is 0.0832. The molecular weight excluding hydrogens is 362 g/mol. The Morgan fingerprint density at radius 3 is 2.71 bits per heavy atom. The van der Waals surface area contributed by atoms with Gasteiger partial charge in [0.2, 0.25) is 0 Å². The molecule has 144 valence electrons. The molecule has 3 aromatic rings. The fourth-order valence-electron chi connectivity index (χ4n) is 2.68. The Labute approximate surface area is 161 Å². The maximum atomic E-state index is 12.1. The van der Waals surface area contributed by atoms with Crippen LogP contribution in [0.2, 0.25) is 0 Å². The van der Waals surface area contributed by atoms with Gasteiger partial charge in [-0.3, -0.25) is 14.9 Å². The van der Waals surface area contributed by atoms with Gasteiger partial charge in [0.05, 0.1) is 23.9 Å². The van der Waals surface area contributed by atoms with Crippen LogP contribution in [0, 0.1) is 10.1 Å². The molecule has 8 heteroatoms. The minimum atomic E-state index is -0.505. The second kappa shape index (κ2) is 8.81. The van der Waals surface area contributed by atoms with E-state index < -0.39 is 10.9 Å². The van der Waals surface area contributed by atoms with Gasteiger partial charge in [0.25, 0.3) is 5.69 Å². The molecule has 0 atom stereocenters. The Bertz CT molecular complexity index is 969. The molecule has 0 aliphatic carbocycles. The number of benzene rings is 2. The quantitative estimate of drug-likeness (QED) is 0.337. The van der Waals surface area contributed by atoms with E-state index in [-0.39, 0.29) is 18.7 Å². The highest BCUT2D eigenvalue weighted by Crippen LogP contribution is 2.24. The number of methoxy groups -OCH3 is 1. The topological polar surface area (TPSA) is 96.5 Å². The Balaban J connectivity index is 1.55. The van der Waals surface area contributed by atoms with Crippen molar-refractivity contribution in [2.75, 3.05) is 7.11 Å². The Morgan fingerprint density at radius 1 is 1.21 bits per heavy atom. The molecule has 2 aromatic carbocycles. The molecular formula is C20H19N3O5. The molecule has 1 aromatic heterocycles. The van der Waals surface area contributed by atoms with Crippen LogP contribution in [0.25, 0.3) is 5.69 Å². The van der Waals surface area contributed by atoms with Gasteiger partial charge in [-0.2, -0.15) is 5.10 Å². The van der Waals surface area contributed by atoms with Crippen LogP contribution in [0.4, 0.5) is 5.69 Å². The van der Waals surface area contributed by atoms with Crippen LogP contribution in [-0.2, 0) is 22.6 Å². The number of para-hydroxylation sites is 1. The molecule has 0 bridgehead atoms. The first-order valence-electron chi connectivity index (χ1n) is 8.62. The van der Waals surface area contributed by atoms with Gasteiger partial charge in [-0.05, 0) is 30.2 Å². The van der Waals surface area contributed by atoms with Crippen molar-refractivity contribution in [1.29, 1.82) is 0 Å². The van der Waals surface area contributed by atoms with Gasteiger partial charge in [0.15, 0.2) is 0 Å². The van der Waals surface area contributed by atoms with Crippen LogP contribution < -0.4 is 4.74 Å². The van der Waals surface area contributed by atoms with Crippen LogP contribution in [0.3, 0.4) is 0 Å². The predicted octanol–water partition coefficient (Wildman–Crippen LogP) is 3.47. The number of nitrogens with zero attached hydrogens (tertiary/aromatic N) is 3. The molecule has 0 N–H and O–H groups in total. The summed E-state index contributed by atoms with van der Waals surface area (Å²) in [6, 6.07) is 13.8. The van der Waals surface area contributed by atoms with Gasteiger partial charge >= 0.3 is 5.97 Å². The Morgan fingerprint density at radius 2 is 2.00 bits per heavy atom. The first kappa shape index (κ1) is 19.1. The third-order valence-corrected chi connectivity index (χ3v) is 4.14. The molecule has 0 radical (unpaired) electrons. The van der Waals surface area contributed by atoms with Gasteiger partial charge in [-0.1, -0.05) is 18.2 Å². The number of rotatable bonds is 8. The molecule has 0 aliphatic rings. The van der Waals surface area contributed by atoms with Gasteiger partial charge < -0.3 is 9.47 Å². The van der Waals surface area contributed by atoms with Gasteiger partial charge in [0, 0.05) is 30.3 Å². The zero-order valence-corrected chi connectivity index (χ0v) is 15.3. The molecule has 28 heavy (non-hydrogen) atoms. The predicted molar refractivity (Wildman–Crippen MR) is 101 cm³/mol. The van der Waals surface area contributed by atoms with Crippen molar-refractivity contribution < 1.29 is 19.2 Å². The van der Waals surface area contributed by atoms with Crippen LogP contribution in [0.1, 0.15) is 17.5 Å². The number of nitro benzene ring substituents is 1. The van der Waals surface area contributed by atoms with E-state index in [0.717, 1.165) is 11.3 Å². The number of non-ortho nitro benzene ring substituents is 1. The van der Waals surface area contributed by atoms with Crippen molar-refractivity contribution in [3.63, 3.8) is 0 Å². The number of hydrogen-bond donors (Lipinski definition) is 0. The number of carbonyl (C=O) groups excluding carboxylic acids is 1. The number of aromatic nitrogens is 2. The van der Waals surface area contributed by atoms with Crippen LogP contribution in [0.5, 0.6) is 5.75 Å². The third kappa shape index (κ3) is 4.73. The lowest BCUT2D eigenvalue weighted by Gasteiger charge is -2.09. The summed E-state index contributed by atoms with van der Waals surface area (Å²) in [6.45, 7) is -0.0903. The molecule has 0 fully saturated rings. The summed E-state index contributed by atoms with van der Waals surface area (Å²) < 4.78 is 12.2. The third-order valence-electron chi connectivity index (χ3n) is 4.14. The van der Waals surface area contributed by atoms with E-state index in [4.69, 9.17) is 9.47 Å². The molecule has 0 spiro atoms. The van der Waals surface area contributed by atoms with Crippen LogP contribution in [0.15, 0.2) is 60.9 Å². The summed E-state index contributed by atoms with van der Waals surface area (Å²) in [6.07, 6.45) is 4.24. The van der Waals surface area contributed by atoms with Crippen LogP contribution >= 0.6 is 0 Å². The SMILES string of the molecule is COc1ccc([N+](=O)[O-])cc1COC(=O)CCc1cnn(-c2ccccc2)c1. The van der Waals surface area contributed by atoms with Crippen molar-refractivity contribution in [1.82, 2.24) is 9.78 Å². The number of nitro groups is 1. The standard InChI is InChI=1S/C20H19N3O5/c1-27-19-9-8-18(23(25)26)11-16(19)14-28-20(24)10-7-15-12-21-22(13-15)17-5-3-2-4-6-17/h2-6,8-9,11-13H,7,10,14H2,1H3.